The number of amides is 3. The topological polar surface area (TPSA) is 69.7 Å². The van der Waals surface area contributed by atoms with Crippen LogP contribution in [0.2, 0.25) is 0 Å². The van der Waals surface area contributed by atoms with Gasteiger partial charge < -0.3 is 15.1 Å². The fourth-order valence-corrected chi connectivity index (χ4v) is 3.36. The summed E-state index contributed by atoms with van der Waals surface area (Å²) in [6.45, 7) is 1.08. The molecule has 0 saturated carbocycles. The lowest BCUT2D eigenvalue weighted by molar-refractivity contribution is -0.128. The minimum Gasteiger partial charge on any atom is -0.349 e. The van der Waals surface area contributed by atoms with Gasteiger partial charge in [-0.3, -0.25) is 14.4 Å². The Hall–Kier alpha value is -3.15. The van der Waals surface area contributed by atoms with E-state index in [9.17, 15) is 14.4 Å². The summed E-state index contributed by atoms with van der Waals surface area (Å²) in [4.78, 5) is 40.0. The third-order valence-corrected chi connectivity index (χ3v) is 5.17. The van der Waals surface area contributed by atoms with Crippen LogP contribution in [0.4, 0.5) is 5.69 Å². The van der Waals surface area contributed by atoms with Crippen molar-refractivity contribution in [1.82, 2.24) is 9.80 Å². The van der Waals surface area contributed by atoms with E-state index in [4.69, 9.17) is 0 Å². The van der Waals surface area contributed by atoms with Gasteiger partial charge in [0.1, 0.15) is 0 Å². The average molecular weight is 393 g/mol. The largest absolute Gasteiger partial charge is 0.349 e. The number of nitrogens with zero attached hydrogens (tertiary/aromatic N) is 2. The lowest BCUT2D eigenvalue weighted by Gasteiger charge is -2.16. The Labute approximate surface area is 171 Å². The van der Waals surface area contributed by atoms with Gasteiger partial charge in [-0.2, -0.15) is 0 Å². The Balaban J connectivity index is 1.50. The second kappa shape index (κ2) is 9.37. The number of nitrogens with one attached hydrogen (secondary N) is 1. The molecule has 152 valence electrons. The average Bonchev–Trinajstić information content (AvgIpc) is 3.09. The predicted octanol–water partition coefficient (Wildman–Crippen LogP) is 2.35. The summed E-state index contributed by atoms with van der Waals surface area (Å²) in [5.74, 6) is -0.425. The van der Waals surface area contributed by atoms with Gasteiger partial charge in [-0.25, -0.2) is 0 Å². The Morgan fingerprint density at radius 1 is 1.03 bits per heavy atom. The number of likely N-dealkylation sites (tertiary alicyclic amines) is 1. The molecule has 1 N–H and O–H groups in total. The lowest BCUT2D eigenvalue weighted by Crippen LogP contribution is -2.30. The van der Waals surface area contributed by atoms with E-state index in [1.165, 1.54) is 5.56 Å². The van der Waals surface area contributed by atoms with Gasteiger partial charge in [-0.15, -0.1) is 0 Å². The summed E-state index contributed by atoms with van der Waals surface area (Å²) in [6.07, 6.45) is 1.36. The molecule has 0 bridgehead atoms. The van der Waals surface area contributed by atoms with Crippen molar-refractivity contribution in [3.8, 4) is 0 Å². The predicted molar refractivity (Wildman–Crippen MR) is 112 cm³/mol. The molecule has 1 fully saturated rings. The quantitative estimate of drug-likeness (QED) is 0.785. The van der Waals surface area contributed by atoms with Crippen LogP contribution >= 0.6 is 0 Å². The Kier molecular flexibility index (Phi) is 6.65. The first kappa shape index (κ1) is 20.6. The molecule has 29 heavy (non-hydrogen) atoms. The van der Waals surface area contributed by atoms with E-state index < -0.39 is 0 Å². The maximum absolute atomic E-state index is 12.6. The molecule has 3 rings (SSSR count). The van der Waals surface area contributed by atoms with E-state index in [2.05, 4.69) is 5.32 Å². The van der Waals surface area contributed by atoms with Crippen LogP contribution in [0.5, 0.6) is 0 Å². The Morgan fingerprint density at radius 2 is 1.72 bits per heavy atom. The number of anilines is 1. The standard InChI is InChI=1S/C23H27N3O3/c1-25(2)21(27)14-18-8-10-20(11-9-18)24-23(29)19-15-22(28)26(16-19)13-12-17-6-4-3-5-7-17/h3-11,19H,12-16H2,1-2H3,(H,24,29)/t19-/m1/s1. The fourth-order valence-electron chi connectivity index (χ4n) is 3.36. The fraction of sp³-hybridized carbons (Fsp3) is 0.348. The molecule has 3 amide bonds. The molecule has 1 aliphatic heterocycles. The van der Waals surface area contributed by atoms with Crippen molar-refractivity contribution in [3.63, 3.8) is 0 Å². The first-order valence-corrected chi connectivity index (χ1v) is 9.84. The van der Waals surface area contributed by atoms with E-state index in [0.29, 0.717) is 25.2 Å². The van der Waals surface area contributed by atoms with Gasteiger partial charge in [0.05, 0.1) is 12.3 Å². The summed E-state index contributed by atoms with van der Waals surface area (Å²) >= 11 is 0. The van der Waals surface area contributed by atoms with Crippen LogP contribution in [0.3, 0.4) is 0 Å². The SMILES string of the molecule is CN(C)C(=O)Cc1ccc(NC(=O)[C@@H]2CC(=O)N(CCc3ccccc3)C2)cc1. The van der Waals surface area contributed by atoms with Crippen LogP contribution in [0, 0.1) is 5.92 Å². The highest BCUT2D eigenvalue weighted by Crippen LogP contribution is 2.21. The number of likely N-dealkylation sites (N-methyl/N-ethyl adjacent to an activating group) is 1. The molecule has 1 aliphatic rings. The first-order chi connectivity index (χ1) is 13.9. The van der Waals surface area contributed by atoms with Crippen molar-refractivity contribution in [1.29, 1.82) is 0 Å². The van der Waals surface area contributed by atoms with Crippen molar-refractivity contribution in [3.05, 3.63) is 65.7 Å². The highest BCUT2D eigenvalue weighted by molar-refractivity contribution is 5.97. The summed E-state index contributed by atoms with van der Waals surface area (Å²) in [5, 5.41) is 2.89. The molecule has 1 heterocycles. The molecule has 0 radical (unpaired) electrons. The summed E-state index contributed by atoms with van der Waals surface area (Å²) in [7, 11) is 3.45. The van der Waals surface area contributed by atoms with Gasteiger partial charge in [0.25, 0.3) is 0 Å². The first-order valence-electron chi connectivity index (χ1n) is 9.84. The van der Waals surface area contributed by atoms with Crippen LogP contribution in [-0.4, -0.2) is 54.7 Å². The number of carbonyl (C=O) groups is 3. The van der Waals surface area contributed by atoms with E-state index in [0.717, 1.165) is 12.0 Å². The highest BCUT2D eigenvalue weighted by atomic mass is 16.2. The molecule has 2 aromatic rings. The number of benzene rings is 2. The zero-order chi connectivity index (χ0) is 20.8. The number of rotatable bonds is 7. The van der Waals surface area contributed by atoms with Gasteiger partial charge in [0.2, 0.25) is 17.7 Å². The maximum atomic E-state index is 12.6. The number of hydrogen-bond donors (Lipinski definition) is 1. The molecule has 6 heteroatoms. The molecular formula is C23H27N3O3. The molecule has 0 aliphatic carbocycles. The summed E-state index contributed by atoms with van der Waals surface area (Å²) < 4.78 is 0. The highest BCUT2D eigenvalue weighted by Gasteiger charge is 2.34. The van der Waals surface area contributed by atoms with Crippen molar-refractivity contribution in [2.75, 3.05) is 32.5 Å². The van der Waals surface area contributed by atoms with Crippen LogP contribution in [0.1, 0.15) is 17.5 Å². The normalized spacial score (nSPS) is 16.0. The third-order valence-electron chi connectivity index (χ3n) is 5.17. The van der Waals surface area contributed by atoms with Gasteiger partial charge in [0, 0.05) is 39.3 Å². The second-order valence-electron chi connectivity index (χ2n) is 7.63. The number of carbonyl (C=O) groups excluding carboxylic acids is 3. The van der Waals surface area contributed by atoms with Gasteiger partial charge in [-0.05, 0) is 29.7 Å². The van der Waals surface area contributed by atoms with Crippen molar-refractivity contribution < 1.29 is 14.4 Å². The molecular weight excluding hydrogens is 366 g/mol. The van der Waals surface area contributed by atoms with Crippen LogP contribution in [0.25, 0.3) is 0 Å². The molecule has 2 aromatic carbocycles. The van der Waals surface area contributed by atoms with Gasteiger partial charge in [-0.1, -0.05) is 42.5 Å². The molecule has 1 atom stereocenters. The summed E-state index contributed by atoms with van der Waals surface area (Å²) in [6, 6.07) is 17.3. The van der Waals surface area contributed by atoms with Crippen LogP contribution < -0.4 is 5.32 Å². The minimum atomic E-state index is -0.340. The van der Waals surface area contributed by atoms with E-state index in [1.807, 2.05) is 42.5 Å². The third kappa shape index (κ3) is 5.67. The summed E-state index contributed by atoms with van der Waals surface area (Å²) in [5.41, 5.74) is 2.75. The van der Waals surface area contributed by atoms with Crippen molar-refractivity contribution >= 4 is 23.4 Å². The van der Waals surface area contributed by atoms with Crippen molar-refractivity contribution in [2.45, 2.75) is 19.3 Å². The Morgan fingerprint density at radius 3 is 2.38 bits per heavy atom. The minimum absolute atomic E-state index is 0.0265. The maximum Gasteiger partial charge on any atom is 0.229 e. The molecule has 1 saturated heterocycles. The van der Waals surface area contributed by atoms with Crippen molar-refractivity contribution in [2.24, 2.45) is 5.92 Å². The Bertz CT molecular complexity index is 863. The molecule has 0 spiro atoms. The van der Waals surface area contributed by atoms with Crippen LogP contribution in [-0.2, 0) is 27.2 Å². The number of hydrogen-bond acceptors (Lipinski definition) is 3. The second-order valence-corrected chi connectivity index (χ2v) is 7.63. The molecule has 0 unspecified atom stereocenters. The van der Waals surface area contributed by atoms with Crippen LogP contribution in [0.15, 0.2) is 54.6 Å². The molecule has 0 aromatic heterocycles. The van der Waals surface area contributed by atoms with E-state index in [1.54, 1.807) is 36.0 Å². The van der Waals surface area contributed by atoms with E-state index in [-0.39, 0.29) is 30.1 Å². The van der Waals surface area contributed by atoms with Gasteiger partial charge >= 0.3 is 0 Å². The van der Waals surface area contributed by atoms with Gasteiger partial charge in [0.15, 0.2) is 0 Å². The smallest absolute Gasteiger partial charge is 0.229 e. The molecule has 6 nitrogen and oxygen atoms in total. The monoisotopic (exact) mass is 393 g/mol. The zero-order valence-corrected chi connectivity index (χ0v) is 16.9. The van der Waals surface area contributed by atoms with E-state index >= 15 is 0 Å². The zero-order valence-electron chi connectivity index (χ0n) is 16.9. The lowest BCUT2D eigenvalue weighted by atomic mass is 10.1.